The Morgan fingerprint density at radius 3 is 1.76 bits per heavy atom. The fourth-order valence-corrected chi connectivity index (χ4v) is 3.77. The molecule has 2 nitrogen and oxygen atoms in total. The van der Waals surface area contributed by atoms with Gasteiger partial charge in [-0.1, -0.05) is 80.6 Å². The molecule has 29 heavy (non-hydrogen) atoms. The molecular weight excluding hydrogens is 352 g/mol. The van der Waals surface area contributed by atoms with Crippen molar-refractivity contribution in [2.24, 2.45) is 10.4 Å². The molecule has 0 fully saturated rings. The van der Waals surface area contributed by atoms with Crippen LogP contribution >= 0.6 is 0 Å². The van der Waals surface area contributed by atoms with E-state index in [0.29, 0.717) is 5.71 Å². The molecule has 0 radical (unpaired) electrons. The van der Waals surface area contributed by atoms with Crippen LogP contribution in [-0.4, -0.2) is 12.4 Å². The molecule has 0 bridgehead atoms. The molecule has 142 valence electrons. The predicted molar refractivity (Wildman–Crippen MR) is 124 cm³/mol. The van der Waals surface area contributed by atoms with Gasteiger partial charge in [-0.2, -0.15) is 0 Å². The van der Waals surface area contributed by atoms with Crippen LogP contribution in [0.25, 0.3) is 22.3 Å². The summed E-state index contributed by atoms with van der Waals surface area (Å²) in [7, 11) is 0. The van der Waals surface area contributed by atoms with Crippen LogP contribution in [0.15, 0.2) is 107 Å². The first kappa shape index (κ1) is 18.8. The molecule has 0 aromatic heterocycles. The highest BCUT2D eigenvalue weighted by molar-refractivity contribution is 6.15. The molecule has 3 aromatic carbocycles. The number of rotatable bonds is 5. The second-order valence-electron chi connectivity index (χ2n) is 7.97. The van der Waals surface area contributed by atoms with Gasteiger partial charge in [0.2, 0.25) is 0 Å². The van der Waals surface area contributed by atoms with Crippen LogP contribution in [0.5, 0.6) is 0 Å². The van der Waals surface area contributed by atoms with Gasteiger partial charge in [-0.05, 0) is 53.2 Å². The van der Waals surface area contributed by atoms with Crippen molar-refractivity contribution in [2.75, 3.05) is 0 Å². The average Bonchev–Trinajstić information content (AvgIpc) is 3.08. The Kier molecular flexibility index (Phi) is 4.85. The van der Waals surface area contributed by atoms with Crippen molar-refractivity contribution in [1.82, 2.24) is 0 Å². The Bertz CT molecular complexity index is 1080. The van der Waals surface area contributed by atoms with E-state index < -0.39 is 0 Å². The summed E-state index contributed by atoms with van der Waals surface area (Å²) in [5.41, 5.74) is 7.32. The maximum atomic E-state index is 8.96. The number of allylic oxidation sites excluding steroid dienone is 3. The minimum Gasteiger partial charge on any atom is -0.300 e. The third-order valence-corrected chi connectivity index (χ3v) is 5.18. The third kappa shape index (κ3) is 3.88. The van der Waals surface area contributed by atoms with E-state index in [-0.39, 0.29) is 5.41 Å². The molecule has 0 atom stereocenters. The smallest absolute Gasteiger partial charge is 0.0703 e. The largest absolute Gasteiger partial charge is 0.300 e. The van der Waals surface area contributed by atoms with Gasteiger partial charge >= 0.3 is 0 Å². The molecule has 0 heterocycles. The van der Waals surface area contributed by atoms with E-state index in [0.717, 1.165) is 39.1 Å². The summed E-state index contributed by atoms with van der Waals surface area (Å²) in [4.78, 5) is 4.17. The van der Waals surface area contributed by atoms with Gasteiger partial charge in [0.15, 0.2) is 0 Å². The Labute approximate surface area is 172 Å². The Morgan fingerprint density at radius 1 is 0.759 bits per heavy atom. The molecular formula is C27H24N2. The first-order valence-electron chi connectivity index (χ1n) is 9.75. The number of nitrogens with zero attached hydrogens (tertiary/aromatic N) is 1. The second-order valence-corrected chi connectivity index (χ2v) is 7.97. The molecule has 0 aliphatic heterocycles. The summed E-state index contributed by atoms with van der Waals surface area (Å²) in [5.74, 6) is 0. The highest BCUT2D eigenvalue weighted by Gasteiger charge is 2.26. The lowest BCUT2D eigenvalue weighted by molar-refractivity contribution is 0.634. The average molecular weight is 377 g/mol. The van der Waals surface area contributed by atoms with E-state index in [4.69, 9.17) is 5.41 Å². The molecule has 0 amide bonds. The van der Waals surface area contributed by atoms with Crippen LogP contribution in [0.4, 0.5) is 0 Å². The standard InChI is InChI=1S/C27H24N2/c1-27(2)17-24(25(18-27)29-3)26(28)23-15-21(19-10-6-4-7-11-19)14-22(16-23)20-12-8-5-9-13-20/h4-18,28H,3H2,1-2H3. The molecule has 0 saturated carbocycles. The zero-order valence-electron chi connectivity index (χ0n) is 16.8. The highest BCUT2D eigenvalue weighted by atomic mass is 14.7. The zero-order chi connectivity index (χ0) is 20.4. The van der Waals surface area contributed by atoms with Crippen LogP contribution in [-0.2, 0) is 0 Å². The molecule has 1 aliphatic carbocycles. The van der Waals surface area contributed by atoms with Gasteiger partial charge in [0.25, 0.3) is 0 Å². The first-order valence-corrected chi connectivity index (χ1v) is 9.75. The second kappa shape index (κ2) is 7.48. The van der Waals surface area contributed by atoms with Crippen LogP contribution in [0, 0.1) is 10.8 Å². The minimum atomic E-state index is -0.128. The molecule has 1 aliphatic rings. The normalized spacial score (nSPS) is 14.8. The highest BCUT2D eigenvalue weighted by Crippen LogP contribution is 2.37. The first-order chi connectivity index (χ1) is 14.0. The molecule has 2 heteroatoms. The van der Waals surface area contributed by atoms with E-state index in [2.05, 4.69) is 80.2 Å². The lowest BCUT2D eigenvalue weighted by atomic mass is 9.91. The van der Waals surface area contributed by atoms with Crippen LogP contribution in [0.3, 0.4) is 0 Å². The fourth-order valence-electron chi connectivity index (χ4n) is 3.77. The van der Waals surface area contributed by atoms with E-state index in [1.54, 1.807) is 0 Å². The van der Waals surface area contributed by atoms with E-state index in [9.17, 15) is 0 Å². The SMILES string of the molecule is C=NC1=CC(C)(C)C=C1C(=N)c1cc(-c2ccccc2)cc(-c2ccccc2)c1. The number of hydrogen-bond donors (Lipinski definition) is 1. The van der Waals surface area contributed by atoms with Gasteiger partial charge in [0, 0.05) is 16.6 Å². The van der Waals surface area contributed by atoms with Crippen LogP contribution in [0.2, 0.25) is 0 Å². The number of hydrogen-bond acceptors (Lipinski definition) is 2. The lowest BCUT2D eigenvalue weighted by Gasteiger charge is -2.13. The topological polar surface area (TPSA) is 36.2 Å². The molecule has 0 saturated heterocycles. The van der Waals surface area contributed by atoms with Crippen molar-refractivity contribution in [3.8, 4) is 22.3 Å². The van der Waals surface area contributed by atoms with Crippen LogP contribution < -0.4 is 0 Å². The maximum absolute atomic E-state index is 8.96. The van der Waals surface area contributed by atoms with Crippen molar-refractivity contribution in [3.63, 3.8) is 0 Å². The molecule has 0 unspecified atom stereocenters. The van der Waals surface area contributed by atoms with Crippen molar-refractivity contribution in [2.45, 2.75) is 13.8 Å². The van der Waals surface area contributed by atoms with Gasteiger partial charge < -0.3 is 0 Å². The number of nitrogens with one attached hydrogen (secondary N) is 1. The van der Waals surface area contributed by atoms with Gasteiger partial charge in [-0.3, -0.25) is 10.4 Å². The van der Waals surface area contributed by atoms with Gasteiger partial charge in [0.05, 0.1) is 11.4 Å². The molecule has 0 spiro atoms. The van der Waals surface area contributed by atoms with Gasteiger partial charge in [0.1, 0.15) is 0 Å². The summed E-state index contributed by atoms with van der Waals surface area (Å²) in [6.45, 7) is 7.95. The number of benzene rings is 3. The predicted octanol–water partition coefficient (Wildman–Crippen LogP) is 6.94. The zero-order valence-corrected chi connectivity index (χ0v) is 16.8. The lowest BCUT2D eigenvalue weighted by Crippen LogP contribution is -2.05. The Balaban J connectivity index is 1.86. The van der Waals surface area contributed by atoms with Crippen molar-refractivity contribution < 1.29 is 0 Å². The maximum Gasteiger partial charge on any atom is 0.0703 e. The molecule has 3 aromatic rings. The quantitative estimate of drug-likeness (QED) is 0.468. The Morgan fingerprint density at radius 2 is 1.28 bits per heavy atom. The minimum absolute atomic E-state index is 0.128. The summed E-state index contributed by atoms with van der Waals surface area (Å²) in [6.07, 6.45) is 4.18. The van der Waals surface area contributed by atoms with Gasteiger partial charge in [-0.15, -0.1) is 0 Å². The van der Waals surface area contributed by atoms with E-state index >= 15 is 0 Å². The monoisotopic (exact) mass is 376 g/mol. The van der Waals surface area contributed by atoms with E-state index in [1.165, 1.54) is 0 Å². The summed E-state index contributed by atoms with van der Waals surface area (Å²) >= 11 is 0. The summed E-state index contributed by atoms with van der Waals surface area (Å²) < 4.78 is 0. The van der Waals surface area contributed by atoms with Gasteiger partial charge in [-0.25, -0.2) is 0 Å². The Hall–Kier alpha value is -3.52. The molecule has 1 N–H and O–H groups in total. The summed E-state index contributed by atoms with van der Waals surface area (Å²) in [5, 5.41) is 8.96. The van der Waals surface area contributed by atoms with Crippen LogP contribution in [0.1, 0.15) is 19.4 Å². The van der Waals surface area contributed by atoms with Crippen molar-refractivity contribution in [3.05, 3.63) is 108 Å². The number of aliphatic imine (C=N–C) groups is 1. The van der Waals surface area contributed by atoms with E-state index in [1.807, 2.05) is 36.4 Å². The summed E-state index contributed by atoms with van der Waals surface area (Å²) in [6, 6.07) is 27.0. The fraction of sp³-hybridized carbons (Fsp3) is 0.111. The third-order valence-electron chi connectivity index (χ3n) is 5.18. The molecule has 4 rings (SSSR count). The van der Waals surface area contributed by atoms with Crippen molar-refractivity contribution >= 4 is 12.4 Å². The van der Waals surface area contributed by atoms with Crippen molar-refractivity contribution in [1.29, 1.82) is 5.41 Å².